The average Bonchev–Trinajstić information content (AvgIpc) is 2.42. The molecule has 0 amide bonds. The summed E-state index contributed by atoms with van der Waals surface area (Å²) in [6, 6.07) is 7.27. The van der Waals surface area contributed by atoms with Gasteiger partial charge in [-0.05, 0) is 49.2 Å². The highest BCUT2D eigenvalue weighted by Crippen LogP contribution is 2.25. The van der Waals surface area contributed by atoms with E-state index >= 15 is 0 Å². The van der Waals surface area contributed by atoms with Gasteiger partial charge in [-0.1, -0.05) is 29.3 Å². The number of hydrogen-bond donors (Lipinski definition) is 1. The molecule has 2 aromatic rings. The second kappa shape index (κ2) is 6.54. The molecule has 0 bridgehead atoms. The molecule has 0 saturated heterocycles. The van der Waals surface area contributed by atoms with Gasteiger partial charge in [0.2, 0.25) is 10.0 Å². The second-order valence-corrected chi connectivity index (χ2v) is 7.44. The van der Waals surface area contributed by atoms with Crippen LogP contribution in [0, 0.1) is 19.7 Å². The number of nitrogens with one attached hydrogen (secondary N) is 1. The summed E-state index contributed by atoms with van der Waals surface area (Å²) in [7, 11) is -3.80. The van der Waals surface area contributed by atoms with Crippen molar-refractivity contribution in [3.05, 3.63) is 62.9 Å². The van der Waals surface area contributed by atoms with Crippen molar-refractivity contribution in [3.63, 3.8) is 0 Å². The van der Waals surface area contributed by atoms with Gasteiger partial charge in [0.25, 0.3) is 0 Å². The second-order valence-electron chi connectivity index (χ2n) is 4.89. The van der Waals surface area contributed by atoms with Crippen LogP contribution in [0.3, 0.4) is 0 Å². The predicted molar refractivity (Wildman–Crippen MR) is 86.4 cm³/mol. The molecule has 22 heavy (non-hydrogen) atoms. The van der Waals surface area contributed by atoms with Crippen LogP contribution in [0.2, 0.25) is 10.0 Å². The lowest BCUT2D eigenvalue weighted by molar-refractivity contribution is 0.574. The van der Waals surface area contributed by atoms with Crippen molar-refractivity contribution in [3.8, 4) is 0 Å². The number of aryl methyl sites for hydroxylation is 2. The largest absolute Gasteiger partial charge is 0.241 e. The van der Waals surface area contributed by atoms with Crippen molar-refractivity contribution in [2.75, 3.05) is 0 Å². The molecule has 0 fully saturated rings. The van der Waals surface area contributed by atoms with Crippen LogP contribution >= 0.6 is 23.2 Å². The van der Waals surface area contributed by atoms with Gasteiger partial charge in [0.1, 0.15) is 5.82 Å². The normalized spacial score (nSPS) is 11.7. The summed E-state index contributed by atoms with van der Waals surface area (Å²) in [5.41, 5.74) is 1.27. The summed E-state index contributed by atoms with van der Waals surface area (Å²) < 4.78 is 40.8. The van der Waals surface area contributed by atoms with E-state index in [9.17, 15) is 12.8 Å². The van der Waals surface area contributed by atoms with Crippen molar-refractivity contribution in [2.45, 2.75) is 25.3 Å². The molecule has 0 aliphatic heterocycles. The molecule has 0 aliphatic carbocycles. The van der Waals surface area contributed by atoms with Gasteiger partial charge in [-0.15, -0.1) is 0 Å². The third kappa shape index (κ3) is 3.60. The van der Waals surface area contributed by atoms with Crippen molar-refractivity contribution in [2.24, 2.45) is 0 Å². The Morgan fingerprint density at radius 2 is 1.77 bits per heavy atom. The van der Waals surface area contributed by atoms with E-state index in [2.05, 4.69) is 4.72 Å². The van der Waals surface area contributed by atoms with Gasteiger partial charge >= 0.3 is 0 Å². The number of halogens is 3. The van der Waals surface area contributed by atoms with Crippen LogP contribution in [-0.4, -0.2) is 8.42 Å². The molecule has 3 nitrogen and oxygen atoms in total. The van der Waals surface area contributed by atoms with Gasteiger partial charge < -0.3 is 0 Å². The Balaban J connectivity index is 2.31. The lowest BCUT2D eigenvalue weighted by Gasteiger charge is -2.12. The van der Waals surface area contributed by atoms with E-state index in [1.54, 1.807) is 19.9 Å². The van der Waals surface area contributed by atoms with E-state index in [1.807, 2.05) is 0 Å². The minimum absolute atomic E-state index is 0.107. The first-order chi connectivity index (χ1) is 10.2. The van der Waals surface area contributed by atoms with Crippen LogP contribution in [0.5, 0.6) is 0 Å². The van der Waals surface area contributed by atoms with Crippen LogP contribution in [-0.2, 0) is 16.6 Å². The number of rotatable bonds is 4. The van der Waals surface area contributed by atoms with Gasteiger partial charge in [-0.3, -0.25) is 0 Å². The Morgan fingerprint density at radius 1 is 1.09 bits per heavy atom. The monoisotopic (exact) mass is 361 g/mol. The highest BCUT2D eigenvalue weighted by atomic mass is 35.5. The third-order valence-corrected chi connectivity index (χ3v) is 5.55. The van der Waals surface area contributed by atoms with Gasteiger partial charge in [0.15, 0.2) is 0 Å². The minimum atomic E-state index is -3.80. The zero-order chi connectivity index (χ0) is 16.5. The number of hydrogen-bond acceptors (Lipinski definition) is 2. The highest BCUT2D eigenvalue weighted by molar-refractivity contribution is 7.89. The number of sulfonamides is 1. The summed E-state index contributed by atoms with van der Waals surface area (Å²) >= 11 is 11.9. The number of benzene rings is 2. The Bertz CT molecular complexity index is 802. The van der Waals surface area contributed by atoms with E-state index in [-0.39, 0.29) is 22.0 Å². The molecule has 2 rings (SSSR count). The quantitative estimate of drug-likeness (QED) is 0.885. The lowest BCUT2D eigenvalue weighted by Crippen LogP contribution is -2.24. The molecule has 0 spiro atoms. The molecular formula is C15H14Cl2FNO2S. The zero-order valence-corrected chi connectivity index (χ0v) is 14.3. The Hall–Kier alpha value is -1.14. The lowest BCUT2D eigenvalue weighted by atomic mass is 10.2. The fourth-order valence-corrected chi connectivity index (χ4v) is 3.74. The maximum Gasteiger partial charge on any atom is 0.241 e. The molecule has 0 saturated carbocycles. The summed E-state index contributed by atoms with van der Waals surface area (Å²) in [6.45, 7) is 3.14. The van der Waals surface area contributed by atoms with Gasteiger partial charge in [0.05, 0.1) is 4.90 Å². The van der Waals surface area contributed by atoms with Crippen LogP contribution in [0.25, 0.3) is 0 Å². The van der Waals surface area contributed by atoms with E-state index in [4.69, 9.17) is 23.2 Å². The molecule has 1 N–H and O–H groups in total. The van der Waals surface area contributed by atoms with Crippen molar-refractivity contribution >= 4 is 33.2 Å². The molecule has 0 radical (unpaired) electrons. The highest BCUT2D eigenvalue weighted by Gasteiger charge is 2.19. The van der Waals surface area contributed by atoms with Gasteiger partial charge in [0, 0.05) is 22.2 Å². The van der Waals surface area contributed by atoms with Crippen molar-refractivity contribution in [1.82, 2.24) is 4.72 Å². The first-order valence-corrected chi connectivity index (χ1v) is 8.65. The summed E-state index contributed by atoms with van der Waals surface area (Å²) in [5.74, 6) is -0.556. The molecule has 118 valence electrons. The summed E-state index contributed by atoms with van der Waals surface area (Å²) in [6.07, 6.45) is 0. The first-order valence-electron chi connectivity index (χ1n) is 6.41. The van der Waals surface area contributed by atoms with E-state index in [1.165, 1.54) is 24.3 Å². The molecule has 0 aliphatic rings. The molecular weight excluding hydrogens is 348 g/mol. The molecule has 7 heteroatoms. The summed E-state index contributed by atoms with van der Waals surface area (Å²) in [4.78, 5) is 0.113. The topological polar surface area (TPSA) is 46.2 Å². The molecule has 0 unspecified atom stereocenters. The first kappa shape index (κ1) is 17.2. The van der Waals surface area contributed by atoms with Crippen molar-refractivity contribution in [1.29, 1.82) is 0 Å². The maximum atomic E-state index is 13.7. The SMILES string of the molecule is Cc1cc(S(=O)(=O)NCc2c(F)cccc2Cl)c(C)cc1Cl. The Morgan fingerprint density at radius 3 is 2.41 bits per heavy atom. The molecule has 2 aromatic carbocycles. The van der Waals surface area contributed by atoms with Gasteiger partial charge in [-0.25, -0.2) is 17.5 Å². The summed E-state index contributed by atoms with van der Waals surface area (Å²) in [5, 5.41) is 0.667. The fourth-order valence-electron chi connectivity index (χ4n) is 1.99. The average molecular weight is 362 g/mol. The third-order valence-electron chi connectivity index (χ3n) is 3.25. The van der Waals surface area contributed by atoms with Gasteiger partial charge in [-0.2, -0.15) is 0 Å². The molecule has 0 aromatic heterocycles. The van der Waals surface area contributed by atoms with Crippen molar-refractivity contribution < 1.29 is 12.8 Å². The van der Waals surface area contributed by atoms with E-state index in [0.717, 1.165) is 0 Å². The van der Waals surface area contributed by atoms with E-state index < -0.39 is 15.8 Å². The molecule has 0 heterocycles. The Kier molecular flexibility index (Phi) is 5.12. The fraction of sp³-hybridized carbons (Fsp3) is 0.200. The Labute approximate surface area is 139 Å². The zero-order valence-electron chi connectivity index (χ0n) is 12.0. The predicted octanol–water partition coefficient (Wildman–Crippen LogP) is 4.23. The van der Waals surface area contributed by atoms with E-state index in [0.29, 0.717) is 16.1 Å². The van der Waals surface area contributed by atoms with Crippen LogP contribution < -0.4 is 4.72 Å². The van der Waals surface area contributed by atoms with Crippen LogP contribution in [0.1, 0.15) is 16.7 Å². The molecule has 0 atom stereocenters. The standard InChI is InChI=1S/C15H14Cl2FNO2S/c1-9-7-15(10(2)6-13(9)17)22(20,21)19-8-11-12(16)4-3-5-14(11)18/h3-7,19H,8H2,1-2H3. The van der Waals surface area contributed by atoms with Crippen LogP contribution in [0.15, 0.2) is 35.2 Å². The smallest absolute Gasteiger partial charge is 0.207 e. The minimum Gasteiger partial charge on any atom is -0.207 e. The van der Waals surface area contributed by atoms with Crippen LogP contribution in [0.4, 0.5) is 4.39 Å². The maximum absolute atomic E-state index is 13.7.